The van der Waals surface area contributed by atoms with Crippen LogP contribution in [0.3, 0.4) is 0 Å². The first-order chi connectivity index (χ1) is 18.6. The molecule has 1 amide bonds. The molecule has 0 saturated carbocycles. The van der Waals surface area contributed by atoms with Crippen LogP contribution in [0.1, 0.15) is 19.4 Å². The quantitative estimate of drug-likeness (QED) is 0.144. The van der Waals surface area contributed by atoms with E-state index in [4.69, 9.17) is 4.74 Å². The van der Waals surface area contributed by atoms with Gasteiger partial charge in [-0.2, -0.15) is 5.10 Å². The predicted molar refractivity (Wildman–Crippen MR) is 153 cm³/mol. The summed E-state index contributed by atoms with van der Waals surface area (Å²) in [4.78, 5) is 12.7. The van der Waals surface area contributed by atoms with Gasteiger partial charge in [-0.25, -0.2) is 5.43 Å². The molecule has 0 radical (unpaired) electrons. The van der Waals surface area contributed by atoms with Gasteiger partial charge >= 0.3 is 0 Å². The van der Waals surface area contributed by atoms with Crippen molar-refractivity contribution in [1.82, 2.24) is 20.2 Å². The summed E-state index contributed by atoms with van der Waals surface area (Å²) in [5, 5.41) is 16.0. The summed E-state index contributed by atoms with van der Waals surface area (Å²) >= 11 is 1.31. The molecule has 0 spiro atoms. The van der Waals surface area contributed by atoms with Crippen molar-refractivity contribution in [3.05, 3.63) is 103 Å². The van der Waals surface area contributed by atoms with Gasteiger partial charge in [0.2, 0.25) is 0 Å². The molecule has 0 bridgehead atoms. The normalized spacial score (nSPS) is 11.5. The number of ether oxygens (including phenoxy) is 1. The van der Waals surface area contributed by atoms with Gasteiger partial charge in [-0.3, -0.25) is 9.36 Å². The standard InChI is InChI=1S/C30H27N5O2S/c1-3-37-25-18-16-24(17-19-25)35-29(23-11-5-4-6-12-23)33-34-30(35)38-20-28(36)32-31-21(2)26-15-9-13-22-10-7-8-14-27(22)26/h4-19H,3,20H2,1-2H3,(H,32,36). The molecule has 5 aromatic rings. The number of hydrogen-bond acceptors (Lipinski definition) is 6. The third-order valence-corrected chi connectivity index (χ3v) is 6.86. The zero-order valence-electron chi connectivity index (χ0n) is 21.2. The van der Waals surface area contributed by atoms with Crippen LogP contribution in [0.2, 0.25) is 0 Å². The second kappa shape index (κ2) is 11.7. The lowest BCUT2D eigenvalue weighted by atomic mass is 10.0. The van der Waals surface area contributed by atoms with E-state index in [0.29, 0.717) is 17.6 Å². The number of fused-ring (bicyclic) bond motifs is 1. The first-order valence-corrected chi connectivity index (χ1v) is 13.3. The monoisotopic (exact) mass is 521 g/mol. The molecule has 0 aliphatic heterocycles. The van der Waals surface area contributed by atoms with Crippen molar-refractivity contribution in [3.63, 3.8) is 0 Å². The molecule has 0 unspecified atom stereocenters. The maximum absolute atomic E-state index is 12.7. The number of thioether (sulfide) groups is 1. The summed E-state index contributed by atoms with van der Waals surface area (Å²) in [6.07, 6.45) is 0. The second-order valence-electron chi connectivity index (χ2n) is 8.48. The minimum atomic E-state index is -0.225. The topological polar surface area (TPSA) is 81.4 Å². The average molecular weight is 522 g/mol. The molecular formula is C30H27N5O2S. The minimum Gasteiger partial charge on any atom is -0.494 e. The van der Waals surface area contributed by atoms with Crippen LogP contribution in [0.4, 0.5) is 0 Å². The van der Waals surface area contributed by atoms with Gasteiger partial charge in [0.05, 0.1) is 18.1 Å². The Labute approximate surface area is 225 Å². The molecule has 7 nitrogen and oxygen atoms in total. The summed E-state index contributed by atoms with van der Waals surface area (Å²) in [7, 11) is 0. The van der Waals surface area contributed by atoms with E-state index in [1.165, 1.54) is 11.8 Å². The Balaban J connectivity index is 1.34. The van der Waals surface area contributed by atoms with E-state index in [9.17, 15) is 4.79 Å². The second-order valence-corrected chi connectivity index (χ2v) is 9.42. The Bertz CT molecular complexity index is 1570. The molecule has 0 aliphatic rings. The van der Waals surface area contributed by atoms with Crippen LogP contribution in [-0.4, -0.2) is 38.7 Å². The third kappa shape index (κ3) is 5.60. The number of carbonyl (C=O) groups is 1. The number of nitrogens with one attached hydrogen (secondary N) is 1. The highest BCUT2D eigenvalue weighted by Gasteiger charge is 2.17. The largest absolute Gasteiger partial charge is 0.494 e. The van der Waals surface area contributed by atoms with Crippen molar-refractivity contribution in [3.8, 4) is 22.8 Å². The molecule has 38 heavy (non-hydrogen) atoms. The van der Waals surface area contributed by atoms with Crippen molar-refractivity contribution in [2.75, 3.05) is 12.4 Å². The van der Waals surface area contributed by atoms with Crippen LogP contribution in [0.5, 0.6) is 5.75 Å². The molecule has 0 atom stereocenters. The van der Waals surface area contributed by atoms with E-state index in [2.05, 4.69) is 38.9 Å². The van der Waals surface area contributed by atoms with Crippen LogP contribution in [-0.2, 0) is 4.79 Å². The highest BCUT2D eigenvalue weighted by atomic mass is 32.2. The van der Waals surface area contributed by atoms with Crippen molar-refractivity contribution in [2.45, 2.75) is 19.0 Å². The molecule has 0 fully saturated rings. The number of benzene rings is 4. The van der Waals surface area contributed by atoms with Crippen LogP contribution in [0.25, 0.3) is 27.8 Å². The van der Waals surface area contributed by atoms with Gasteiger partial charge in [0, 0.05) is 16.8 Å². The van der Waals surface area contributed by atoms with Gasteiger partial charge in [0.15, 0.2) is 11.0 Å². The van der Waals surface area contributed by atoms with Crippen LogP contribution >= 0.6 is 11.8 Å². The lowest BCUT2D eigenvalue weighted by Gasteiger charge is -2.11. The molecular weight excluding hydrogens is 494 g/mol. The fourth-order valence-electron chi connectivity index (χ4n) is 4.14. The zero-order valence-corrected chi connectivity index (χ0v) is 22.0. The Morgan fingerprint density at radius 3 is 2.45 bits per heavy atom. The molecule has 5 rings (SSSR count). The Morgan fingerprint density at radius 2 is 1.66 bits per heavy atom. The lowest BCUT2D eigenvalue weighted by Crippen LogP contribution is -2.21. The molecule has 0 saturated heterocycles. The number of hydrogen-bond donors (Lipinski definition) is 1. The van der Waals surface area contributed by atoms with Crippen molar-refractivity contribution < 1.29 is 9.53 Å². The van der Waals surface area contributed by atoms with Crippen LogP contribution in [0.15, 0.2) is 107 Å². The molecule has 1 heterocycles. The molecule has 190 valence electrons. The average Bonchev–Trinajstić information content (AvgIpc) is 3.39. The molecule has 1 N–H and O–H groups in total. The summed E-state index contributed by atoms with van der Waals surface area (Å²) in [5.41, 5.74) is 6.22. The number of rotatable bonds is 9. The van der Waals surface area contributed by atoms with E-state index in [1.54, 1.807) is 0 Å². The maximum atomic E-state index is 12.7. The maximum Gasteiger partial charge on any atom is 0.250 e. The zero-order chi connectivity index (χ0) is 26.3. The van der Waals surface area contributed by atoms with Gasteiger partial charge in [-0.15, -0.1) is 10.2 Å². The number of hydrazone groups is 1. The SMILES string of the molecule is CCOc1ccc(-n2c(SCC(=O)NN=C(C)c3cccc4ccccc34)nnc2-c2ccccc2)cc1. The van der Waals surface area contributed by atoms with E-state index in [1.807, 2.05) is 97.3 Å². The molecule has 8 heteroatoms. The molecule has 1 aromatic heterocycles. The third-order valence-electron chi connectivity index (χ3n) is 5.93. The fraction of sp³-hybridized carbons (Fsp3) is 0.133. The minimum absolute atomic E-state index is 0.135. The van der Waals surface area contributed by atoms with E-state index >= 15 is 0 Å². The molecule has 0 aliphatic carbocycles. The van der Waals surface area contributed by atoms with E-state index < -0.39 is 0 Å². The highest BCUT2D eigenvalue weighted by molar-refractivity contribution is 7.99. The first kappa shape index (κ1) is 25.2. The summed E-state index contributed by atoms with van der Waals surface area (Å²) in [5.74, 6) is 1.40. The van der Waals surface area contributed by atoms with E-state index in [-0.39, 0.29) is 11.7 Å². The summed E-state index contributed by atoms with van der Waals surface area (Å²) in [6, 6.07) is 31.8. The fourth-order valence-corrected chi connectivity index (χ4v) is 4.88. The number of carbonyl (C=O) groups excluding carboxylic acids is 1. The van der Waals surface area contributed by atoms with Gasteiger partial charge in [-0.1, -0.05) is 84.6 Å². The van der Waals surface area contributed by atoms with Crippen LogP contribution in [0, 0.1) is 0 Å². The number of nitrogens with zero attached hydrogens (tertiary/aromatic N) is 4. The van der Waals surface area contributed by atoms with Gasteiger partial charge in [0.1, 0.15) is 5.75 Å². The Hall–Kier alpha value is -4.43. The van der Waals surface area contributed by atoms with Crippen LogP contribution < -0.4 is 10.2 Å². The number of aromatic nitrogens is 3. The highest BCUT2D eigenvalue weighted by Crippen LogP contribution is 2.29. The Kier molecular flexibility index (Phi) is 7.80. The van der Waals surface area contributed by atoms with Gasteiger partial charge < -0.3 is 4.74 Å². The predicted octanol–water partition coefficient (Wildman–Crippen LogP) is 6.12. The van der Waals surface area contributed by atoms with Crippen molar-refractivity contribution >= 4 is 34.2 Å². The van der Waals surface area contributed by atoms with E-state index in [0.717, 1.165) is 39.0 Å². The summed E-state index contributed by atoms with van der Waals surface area (Å²) < 4.78 is 7.55. The first-order valence-electron chi connectivity index (χ1n) is 12.3. The smallest absolute Gasteiger partial charge is 0.250 e. The van der Waals surface area contributed by atoms with Crippen molar-refractivity contribution in [2.24, 2.45) is 5.10 Å². The van der Waals surface area contributed by atoms with Gasteiger partial charge in [-0.05, 0) is 48.9 Å². The number of amides is 1. The van der Waals surface area contributed by atoms with Gasteiger partial charge in [0.25, 0.3) is 5.91 Å². The molecule has 4 aromatic carbocycles. The Morgan fingerprint density at radius 1 is 0.921 bits per heavy atom. The lowest BCUT2D eigenvalue weighted by molar-refractivity contribution is -0.118. The summed E-state index contributed by atoms with van der Waals surface area (Å²) in [6.45, 7) is 4.44. The van der Waals surface area contributed by atoms with Crippen molar-refractivity contribution in [1.29, 1.82) is 0 Å².